The van der Waals surface area contributed by atoms with Crippen LogP contribution in [0.4, 0.5) is 13.2 Å². The third kappa shape index (κ3) is 11.8. The van der Waals surface area contributed by atoms with E-state index >= 15 is 0 Å². The average molecular weight is 176 g/mol. The zero-order valence-corrected chi connectivity index (χ0v) is 7.02. The molecule has 0 aromatic heterocycles. The zero-order chi connectivity index (χ0) is 9.61. The lowest BCUT2D eigenvalue weighted by molar-refractivity contribution is -0.110. The molecule has 0 fully saturated rings. The molecule has 0 saturated heterocycles. The summed E-state index contributed by atoms with van der Waals surface area (Å²) in [5.74, 6) is 0. The number of benzene rings is 1. The third-order valence-corrected chi connectivity index (χ3v) is 0.940. The predicted octanol–water partition coefficient (Wildman–Crippen LogP) is 3.56. The predicted molar refractivity (Wildman–Crippen MR) is 42.9 cm³/mol. The van der Waals surface area contributed by atoms with E-state index in [9.17, 15) is 13.2 Å². The highest BCUT2D eigenvalue weighted by Gasteiger charge is 2.15. The summed E-state index contributed by atoms with van der Waals surface area (Å²) < 4.78 is 31.1. The van der Waals surface area contributed by atoms with Gasteiger partial charge in [-0.15, -0.1) is 0 Å². The highest BCUT2D eigenvalue weighted by molar-refractivity contribution is 5.11. The smallest absolute Gasteiger partial charge is 0.172 e. The number of rotatable bonds is 0. The summed E-state index contributed by atoms with van der Waals surface area (Å²) in [5, 5.41) is 0. The van der Waals surface area contributed by atoms with Crippen molar-refractivity contribution in [2.24, 2.45) is 0 Å². The number of aryl methyl sites for hydroxylation is 1. The van der Waals surface area contributed by atoms with Gasteiger partial charge in [-0.3, -0.25) is 0 Å². The van der Waals surface area contributed by atoms with E-state index in [1.165, 1.54) is 5.56 Å². The van der Waals surface area contributed by atoms with Crippen LogP contribution in [0, 0.1) is 6.92 Å². The van der Waals surface area contributed by atoms with Gasteiger partial charge in [0.2, 0.25) is 0 Å². The van der Waals surface area contributed by atoms with E-state index in [-0.39, 0.29) is 6.92 Å². The van der Waals surface area contributed by atoms with Crippen molar-refractivity contribution in [2.45, 2.75) is 20.0 Å². The Labute approximate surface area is 70.0 Å². The lowest BCUT2D eigenvalue weighted by Gasteiger charge is -1.88. The van der Waals surface area contributed by atoms with Gasteiger partial charge in [-0.2, -0.15) is 13.2 Å². The Morgan fingerprint density at radius 2 is 1.33 bits per heavy atom. The molecule has 0 aliphatic rings. The van der Waals surface area contributed by atoms with Crippen LogP contribution in [-0.2, 0) is 0 Å². The van der Waals surface area contributed by atoms with Crippen molar-refractivity contribution in [3.05, 3.63) is 35.9 Å². The van der Waals surface area contributed by atoms with Crippen LogP contribution in [0.5, 0.6) is 0 Å². The molecular weight excluding hydrogens is 165 g/mol. The Kier molecular flexibility index (Phi) is 4.40. The molecule has 0 aliphatic heterocycles. The minimum atomic E-state index is -4.00. The van der Waals surface area contributed by atoms with E-state index in [1.54, 1.807) is 0 Å². The first-order valence-electron chi connectivity index (χ1n) is 3.48. The Hall–Kier alpha value is -0.990. The molecule has 0 bridgehead atoms. The first kappa shape index (κ1) is 11.0. The highest BCUT2D eigenvalue weighted by atomic mass is 19.4. The zero-order valence-electron chi connectivity index (χ0n) is 7.02. The van der Waals surface area contributed by atoms with Crippen molar-refractivity contribution < 1.29 is 13.2 Å². The second-order valence-corrected chi connectivity index (χ2v) is 2.44. The van der Waals surface area contributed by atoms with Gasteiger partial charge in [0.15, 0.2) is 0 Å². The quantitative estimate of drug-likeness (QED) is 0.567. The standard InChI is InChI=1S/C7H8.C2H3F3/c1-7-5-3-2-4-6-7;1-2(3,4)5/h2-6H,1H3;1H3. The van der Waals surface area contributed by atoms with Gasteiger partial charge in [-0.05, 0) is 6.92 Å². The van der Waals surface area contributed by atoms with Crippen molar-refractivity contribution >= 4 is 0 Å². The molecule has 1 aromatic carbocycles. The maximum absolute atomic E-state index is 10.4. The summed E-state index contributed by atoms with van der Waals surface area (Å²) in [6.45, 7) is 2.27. The lowest BCUT2D eigenvalue weighted by Crippen LogP contribution is -1.95. The van der Waals surface area contributed by atoms with Crippen LogP contribution in [0.15, 0.2) is 30.3 Å². The molecule has 0 atom stereocenters. The molecule has 0 nitrogen and oxygen atoms in total. The van der Waals surface area contributed by atoms with E-state index in [0.717, 1.165) is 0 Å². The molecule has 0 amide bonds. The Bertz CT molecular complexity index is 195. The summed E-state index contributed by atoms with van der Waals surface area (Å²) in [7, 11) is 0. The van der Waals surface area contributed by atoms with Crippen LogP contribution < -0.4 is 0 Å². The Morgan fingerprint density at radius 3 is 1.50 bits per heavy atom. The Morgan fingerprint density at radius 1 is 1.00 bits per heavy atom. The first-order chi connectivity index (χ1) is 5.39. The summed E-state index contributed by atoms with van der Waals surface area (Å²) in [6.07, 6.45) is -4.00. The van der Waals surface area contributed by atoms with Gasteiger partial charge in [0.25, 0.3) is 0 Å². The van der Waals surface area contributed by atoms with E-state index in [1.807, 2.05) is 18.2 Å². The summed E-state index contributed by atoms with van der Waals surface area (Å²) >= 11 is 0. The normalized spacial score (nSPS) is 10.1. The fourth-order valence-corrected chi connectivity index (χ4v) is 0.534. The molecule has 0 aliphatic carbocycles. The van der Waals surface area contributed by atoms with Crippen LogP contribution in [0.25, 0.3) is 0 Å². The summed E-state index contributed by atoms with van der Waals surface area (Å²) in [4.78, 5) is 0. The summed E-state index contributed by atoms with van der Waals surface area (Å²) in [5.41, 5.74) is 1.32. The van der Waals surface area contributed by atoms with Crippen molar-refractivity contribution in [3.8, 4) is 0 Å². The fraction of sp³-hybridized carbons (Fsp3) is 0.333. The van der Waals surface area contributed by atoms with E-state index in [0.29, 0.717) is 0 Å². The van der Waals surface area contributed by atoms with Gasteiger partial charge < -0.3 is 0 Å². The largest absolute Gasteiger partial charge is 0.386 e. The fourth-order valence-electron chi connectivity index (χ4n) is 0.534. The van der Waals surface area contributed by atoms with Crippen molar-refractivity contribution in [3.63, 3.8) is 0 Å². The van der Waals surface area contributed by atoms with Crippen LogP contribution >= 0.6 is 0 Å². The molecular formula is C9H11F3. The van der Waals surface area contributed by atoms with E-state index in [4.69, 9.17) is 0 Å². The van der Waals surface area contributed by atoms with E-state index in [2.05, 4.69) is 19.1 Å². The maximum atomic E-state index is 10.4. The minimum absolute atomic E-state index is 0.188. The van der Waals surface area contributed by atoms with Crippen molar-refractivity contribution in [2.75, 3.05) is 0 Å². The number of hydrogen-bond acceptors (Lipinski definition) is 0. The van der Waals surface area contributed by atoms with Gasteiger partial charge >= 0.3 is 6.18 Å². The highest BCUT2D eigenvalue weighted by Crippen LogP contribution is 2.10. The summed E-state index contributed by atoms with van der Waals surface area (Å²) in [6, 6.07) is 10.3. The molecule has 1 rings (SSSR count). The van der Waals surface area contributed by atoms with Crippen LogP contribution in [0.2, 0.25) is 0 Å². The minimum Gasteiger partial charge on any atom is -0.172 e. The van der Waals surface area contributed by atoms with Crippen molar-refractivity contribution in [1.82, 2.24) is 0 Å². The van der Waals surface area contributed by atoms with Gasteiger partial charge in [-0.1, -0.05) is 35.9 Å². The molecule has 0 unspecified atom stereocenters. The topological polar surface area (TPSA) is 0 Å². The third-order valence-electron chi connectivity index (χ3n) is 0.940. The Balaban J connectivity index is 0.000000217. The van der Waals surface area contributed by atoms with Gasteiger partial charge in [-0.25, -0.2) is 0 Å². The van der Waals surface area contributed by atoms with E-state index < -0.39 is 6.18 Å². The van der Waals surface area contributed by atoms with Gasteiger partial charge in [0, 0.05) is 6.92 Å². The molecule has 0 heterocycles. The maximum Gasteiger partial charge on any atom is 0.386 e. The molecule has 0 spiro atoms. The molecule has 0 radical (unpaired) electrons. The number of halogens is 3. The molecule has 68 valence electrons. The first-order valence-corrected chi connectivity index (χ1v) is 3.48. The lowest BCUT2D eigenvalue weighted by atomic mass is 10.2. The van der Waals surface area contributed by atoms with Gasteiger partial charge in [0.05, 0.1) is 0 Å². The van der Waals surface area contributed by atoms with Gasteiger partial charge in [0.1, 0.15) is 0 Å². The number of hydrogen-bond donors (Lipinski definition) is 0. The number of alkyl halides is 3. The SMILES string of the molecule is CC(F)(F)F.Cc1ccccc1. The van der Waals surface area contributed by atoms with Crippen molar-refractivity contribution in [1.29, 1.82) is 0 Å². The average Bonchev–Trinajstić information content (AvgIpc) is 1.85. The van der Waals surface area contributed by atoms with Crippen LogP contribution in [0.3, 0.4) is 0 Å². The monoisotopic (exact) mass is 176 g/mol. The van der Waals surface area contributed by atoms with Crippen LogP contribution in [-0.4, -0.2) is 6.18 Å². The molecule has 0 N–H and O–H groups in total. The molecule has 3 heteroatoms. The molecule has 1 aromatic rings. The second kappa shape index (κ2) is 4.80. The molecule has 0 saturated carbocycles. The molecule has 12 heavy (non-hydrogen) atoms. The van der Waals surface area contributed by atoms with Crippen LogP contribution in [0.1, 0.15) is 12.5 Å². The second-order valence-electron chi connectivity index (χ2n) is 2.44.